The highest BCUT2D eigenvalue weighted by Crippen LogP contribution is 2.44. The summed E-state index contributed by atoms with van der Waals surface area (Å²) in [6.07, 6.45) is 0. The zero-order chi connectivity index (χ0) is 8.48. The quantitative estimate of drug-likeness (QED) is 0.712. The number of aromatic hydroxyl groups is 1. The molecule has 1 rings (SSSR count). The third-order valence-electron chi connectivity index (χ3n) is 1.17. The van der Waals surface area contributed by atoms with E-state index in [0.717, 1.165) is 5.56 Å². The topological polar surface area (TPSA) is 20.2 Å². The number of hydrogen-bond donors (Lipinski definition) is 1. The molecule has 0 saturated heterocycles. The molecule has 0 atom stereocenters. The minimum absolute atomic E-state index is 0.255. The van der Waals surface area contributed by atoms with E-state index in [4.69, 9.17) is 5.11 Å². The van der Waals surface area contributed by atoms with Crippen LogP contribution in [0.2, 0.25) is 0 Å². The Kier molecular flexibility index (Phi) is 3.00. The Morgan fingerprint density at radius 2 is 1.82 bits per heavy atom. The van der Waals surface area contributed by atoms with E-state index in [2.05, 4.69) is 47.8 Å². The molecule has 1 nitrogen and oxygen atoms in total. The molecule has 1 aromatic rings. The van der Waals surface area contributed by atoms with Gasteiger partial charge in [0, 0.05) is 0 Å². The summed E-state index contributed by atoms with van der Waals surface area (Å²) in [6.45, 7) is 0. The van der Waals surface area contributed by atoms with Crippen LogP contribution < -0.4 is 0 Å². The van der Waals surface area contributed by atoms with Crippen LogP contribution >= 0.6 is 47.8 Å². The van der Waals surface area contributed by atoms with Crippen LogP contribution in [-0.2, 0) is 2.14 Å². The van der Waals surface area contributed by atoms with Crippen molar-refractivity contribution in [2.45, 2.75) is 2.14 Å². The van der Waals surface area contributed by atoms with Crippen molar-refractivity contribution in [1.82, 2.24) is 0 Å². The normalized spacial score (nSPS) is 11.5. The van der Waals surface area contributed by atoms with E-state index in [1.54, 1.807) is 18.2 Å². The number of phenols is 1. The molecule has 0 saturated carbocycles. The highest BCUT2D eigenvalue weighted by Gasteiger charge is 2.20. The second kappa shape index (κ2) is 3.46. The van der Waals surface area contributed by atoms with Gasteiger partial charge in [-0.3, -0.25) is 0 Å². The van der Waals surface area contributed by atoms with Gasteiger partial charge >= 0.3 is 0 Å². The fourth-order valence-electron chi connectivity index (χ4n) is 0.682. The first kappa shape index (κ1) is 9.55. The molecule has 0 heterocycles. The third-order valence-corrected chi connectivity index (χ3v) is 2.55. The van der Waals surface area contributed by atoms with Gasteiger partial charge in [0.05, 0.1) is 0 Å². The highest BCUT2D eigenvalue weighted by atomic mass is 80.0. The molecular weight excluding hydrogens is 340 g/mol. The first-order chi connectivity index (χ1) is 5.00. The number of alkyl halides is 3. The Morgan fingerprint density at radius 3 is 2.18 bits per heavy atom. The molecule has 0 fully saturated rings. The van der Waals surface area contributed by atoms with Crippen molar-refractivity contribution in [2.24, 2.45) is 0 Å². The van der Waals surface area contributed by atoms with Gasteiger partial charge < -0.3 is 5.11 Å². The summed E-state index contributed by atoms with van der Waals surface area (Å²) in [6, 6.07) is 6.96. The van der Waals surface area contributed by atoms with Crippen LogP contribution in [0.25, 0.3) is 0 Å². The monoisotopic (exact) mass is 342 g/mol. The van der Waals surface area contributed by atoms with E-state index < -0.39 is 2.14 Å². The fraction of sp³-hybridized carbons (Fsp3) is 0.143. The van der Waals surface area contributed by atoms with Gasteiger partial charge in [-0.25, -0.2) is 0 Å². The predicted molar refractivity (Wildman–Crippen MR) is 56.6 cm³/mol. The average Bonchev–Trinajstić information content (AvgIpc) is 1.86. The van der Waals surface area contributed by atoms with Crippen molar-refractivity contribution in [2.75, 3.05) is 0 Å². The van der Waals surface area contributed by atoms with Crippen molar-refractivity contribution in [3.63, 3.8) is 0 Å². The van der Waals surface area contributed by atoms with E-state index in [0.29, 0.717) is 0 Å². The molecule has 1 aromatic carbocycles. The zero-order valence-electron chi connectivity index (χ0n) is 5.39. The minimum atomic E-state index is -0.439. The fourth-order valence-corrected chi connectivity index (χ4v) is 1.42. The van der Waals surface area contributed by atoms with E-state index in [1.165, 1.54) is 0 Å². The van der Waals surface area contributed by atoms with E-state index in [9.17, 15) is 0 Å². The minimum Gasteiger partial charge on any atom is -0.508 e. The summed E-state index contributed by atoms with van der Waals surface area (Å²) < 4.78 is -0.439. The molecule has 0 unspecified atom stereocenters. The van der Waals surface area contributed by atoms with Gasteiger partial charge in [-0.1, -0.05) is 59.9 Å². The van der Waals surface area contributed by atoms with E-state index in [-0.39, 0.29) is 5.75 Å². The van der Waals surface area contributed by atoms with Crippen molar-refractivity contribution in [3.8, 4) is 5.75 Å². The highest BCUT2D eigenvalue weighted by molar-refractivity contribution is 9.38. The van der Waals surface area contributed by atoms with Gasteiger partial charge in [-0.2, -0.15) is 0 Å². The maximum Gasteiger partial charge on any atom is 0.160 e. The van der Waals surface area contributed by atoms with Crippen LogP contribution in [0, 0.1) is 0 Å². The van der Waals surface area contributed by atoms with Crippen LogP contribution in [0.3, 0.4) is 0 Å². The molecule has 0 aliphatic carbocycles. The molecule has 0 spiro atoms. The smallest absolute Gasteiger partial charge is 0.160 e. The molecule has 0 amide bonds. The van der Waals surface area contributed by atoms with Gasteiger partial charge in [0.15, 0.2) is 2.14 Å². The van der Waals surface area contributed by atoms with Gasteiger partial charge in [0.1, 0.15) is 5.75 Å². The molecular formula is C7H5Br3O. The SMILES string of the molecule is Oc1cccc(C(Br)(Br)Br)c1. The van der Waals surface area contributed by atoms with Crippen LogP contribution in [0.4, 0.5) is 0 Å². The van der Waals surface area contributed by atoms with Crippen molar-refractivity contribution < 1.29 is 5.11 Å². The first-order valence-corrected chi connectivity index (χ1v) is 5.24. The Hall–Kier alpha value is 0.460. The maximum atomic E-state index is 9.11. The Morgan fingerprint density at radius 1 is 1.18 bits per heavy atom. The Balaban J connectivity index is 3.06. The van der Waals surface area contributed by atoms with Crippen LogP contribution in [0.5, 0.6) is 5.75 Å². The first-order valence-electron chi connectivity index (χ1n) is 2.86. The van der Waals surface area contributed by atoms with E-state index >= 15 is 0 Å². The van der Waals surface area contributed by atoms with E-state index in [1.807, 2.05) is 6.07 Å². The number of rotatable bonds is 0. The molecule has 0 aliphatic rings. The summed E-state index contributed by atoms with van der Waals surface area (Å²) in [7, 11) is 0. The summed E-state index contributed by atoms with van der Waals surface area (Å²) in [5.41, 5.74) is 0.914. The number of hydrogen-bond acceptors (Lipinski definition) is 1. The lowest BCUT2D eigenvalue weighted by molar-refractivity contribution is 0.475. The molecule has 60 valence electrons. The van der Waals surface area contributed by atoms with Crippen LogP contribution in [0.1, 0.15) is 5.56 Å². The lowest BCUT2D eigenvalue weighted by atomic mass is 10.2. The summed E-state index contributed by atoms with van der Waals surface area (Å²) in [4.78, 5) is 0. The summed E-state index contributed by atoms with van der Waals surface area (Å²) in [5.74, 6) is 0.255. The van der Waals surface area contributed by atoms with Crippen molar-refractivity contribution in [3.05, 3.63) is 29.8 Å². The second-order valence-electron chi connectivity index (χ2n) is 2.05. The largest absolute Gasteiger partial charge is 0.508 e. The second-order valence-corrected chi connectivity index (χ2v) is 8.81. The zero-order valence-corrected chi connectivity index (χ0v) is 10.1. The lowest BCUT2D eigenvalue weighted by Gasteiger charge is -2.11. The molecule has 0 aromatic heterocycles. The molecule has 1 N–H and O–H groups in total. The summed E-state index contributed by atoms with van der Waals surface area (Å²) >= 11 is 10.0. The predicted octanol–water partition coefficient (Wildman–Crippen LogP) is 3.69. The molecule has 0 bridgehead atoms. The molecule has 0 radical (unpaired) electrons. The standard InChI is InChI=1S/C7H5Br3O/c8-7(9,10)5-2-1-3-6(11)4-5/h1-4,11H. The Bertz CT molecular complexity index is 254. The van der Waals surface area contributed by atoms with Gasteiger partial charge in [-0.05, 0) is 17.7 Å². The molecule has 4 heteroatoms. The average molecular weight is 345 g/mol. The maximum absolute atomic E-state index is 9.11. The Labute approximate surface area is 90.2 Å². The van der Waals surface area contributed by atoms with Crippen LogP contribution in [0.15, 0.2) is 24.3 Å². The van der Waals surface area contributed by atoms with Gasteiger partial charge in [0.2, 0.25) is 0 Å². The summed E-state index contributed by atoms with van der Waals surface area (Å²) in [5, 5.41) is 9.11. The van der Waals surface area contributed by atoms with Crippen LogP contribution in [-0.4, -0.2) is 5.11 Å². The van der Waals surface area contributed by atoms with Gasteiger partial charge in [-0.15, -0.1) is 0 Å². The molecule has 0 aliphatic heterocycles. The van der Waals surface area contributed by atoms with Crippen molar-refractivity contribution in [1.29, 1.82) is 0 Å². The number of phenolic OH excluding ortho intramolecular Hbond substituents is 1. The lowest BCUT2D eigenvalue weighted by Crippen LogP contribution is -1.95. The van der Waals surface area contributed by atoms with Gasteiger partial charge in [0.25, 0.3) is 0 Å². The third kappa shape index (κ3) is 2.76. The molecule has 11 heavy (non-hydrogen) atoms. The number of halogens is 3. The van der Waals surface area contributed by atoms with Crippen molar-refractivity contribution >= 4 is 47.8 Å². The number of benzene rings is 1.